The number of carbonyl (C=O) groups excluding carboxylic acids is 3. The molecule has 2 N–H and O–H groups in total. The third-order valence-electron chi connectivity index (χ3n) is 2.76. The third kappa shape index (κ3) is 10.9. The minimum absolute atomic E-state index is 0.0257. The molecule has 0 fully saturated rings. The molecular formula is C16H28N2O4. The summed E-state index contributed by atoms with van der Waals surface area (Å²) < 4.78 is 5.11. The van der Waals surface area contributed by atoms with Gasteiger partial charge in [-0.25, -0.2) is 4.79 Å². The molecule has 0 aliphatic rings. The zero-order valence-corrected chi connectivity index (χ0v) is 14.0. The summed E-state index contributed by atoms with van der Waals surface area (Å²) in [6.07, 6.45) is 1.17. The number of nitrogens with one attached hydrogen (secondary N) is 2. The van der Waals surface area contributed by atoms with Gasteiger partial charge in [-0.2, -0.15) is 0 Å². The molecule has 0 bridgehead atoms. The molecule has 22 heavy (non-hydrogen) atoms. The Labute approximate surface area is 132 Å². The fourth-order valence-electron chi connectivity index (χ4n) is 1.73. The molecule has 6 heteroatoms. The second-order valence-corrected chi connectivity index (χ2v) is 5.66. The molecule has 126 valence electrons. The summed E-state index contributed by atoms with van der Waals surface area (Å²) in [6, 6.07) is -0.770. The van der Waals surface area contributed by atoms with E-state index in [2.05, 4.69) is 17.2 Å². The number of hydrogen-bond acceptors (Lipinski definition) is 5. The lowest BCUT2D eigenvalue weighted by Crippen LogP contribution is -2.43. The first-order valence-electron chi connectivity index (χ1n) is 7.61. The summed E-state index contributed by atoms with van der Waals surface area (Å²) in [7, 11) is 0. The van der Waals surface area contributed by atoms with Gasteiger partial charge in [-0.3, -0.25) is 4.79 Å². The number of carbonyl (C=O) groups is 3. The molecule has 0 saturated carbocycles. The van der Waals surface area contributed by atoms with Gasteiger partial charge >= 0.3 is 5.97 Å². The number of rotatable bonds is 11. The van der Waals surface area contributed by atoms with E-state index in [9.17, 15) is 14.4 Å². The third-order valence-corrected chi connectivity index (χ3v) is 2.76. The van der Waals surface area contributed by atoms with E-state index in [4.69, 9.17) is 4.74 Å². The van der Waals surface area contributed by atoms with Gasteiger partial charge in [0.25, 0.3) is 0 Å². The summed E-state index contributed by atoms with van der Waals surface area (Å²) in [5.74, 6) is -0.746. The first-order valence-corrected chi connectivity index (χ1v) is 7.61. The second-order valence-electron chi connectivity index (χ2n) is 5.66. The van der Waals surface area contributed by atoms with E-state index in [0.717, 1.165) is 5.70 Å². The molecule has 6 nitrogen and oxygen atoms in total. The number of hydrogen-bond donors (Lipinski definition) is 2. The van der Waals surface area contributed by atoms with Crippen LogP contribution < -0.4 is 10.6 Å². The molecule has 1 amide bonds. The maximum atomic E-state index is 11.9. The average molecular weight is 312 g/mol. The number of ketones is 1. The predicted octanol–water partition coefficient (Wildman–Crippen LogP) is 1.70. The van der Waals surface area contributed by atoms with E-state index in [0.29, 0.717) is 19.4 Å². The highest BCUT2D eigenvalue weighted by atomic mass is 16.5. The van der Waals surface area contributed by atoms with E-state index < -0.39 is 12.0 Å². The Balaban J connectivity index is 4.35. The van der Waals surface area contributed by atoms with Gasteiger partial charge < -0.3 is 20.2 Å². The fourth-order valence-corrected chi connectivity index (χ4v) is 1.73. The van der Waals surface area contributed by atoms with Gasteiger partial charge in [0.05, 0.1) is 6.10 Å². The number of ether oxygens (including phenoxy) is 1. The van der Waals surface area contributed by atoms with Gasteiger partial charge in [0, 0.05) is 25.1 Å². The van der Waals surface area contributed by atoms with Crippen LogP contribution in [0.5, 0.6) is 0 Å². The van der Waals surface area contributed by atoms with E-state index in [1.165, 1.54) is 6.92 Å². The minimum Gasteiger partial charge on any atom is -0.461 e. The van der Waals surface area contributed by atoms with Crippen LogP contribution in [0, 0.1) is 0 Å². The lowest BCUT2D eigenvalue weighted by molar-refractivity contribution is -0.151. The Kier molecular flexibility index (Phi) is 9.91. The van der Waals surface area contributed by atoms with Crippen LogP contribution in [-0.4, -0.2) is 36.4 Å². The number of amides is 1. The molecule has 0 aromatic carbocycles. The van der Waals surface area contributed by atoms with Crippen LogP contribution in [0.1, 0.15) is 53.4 Å². The lowest BCUT2D eigenvalue weighted by Gasteiger charge is -2.19. The van der Waals surface area contributed by atoms with Crippen molar-refractivity contribution in [2.24, 2.45) is 0 Å². The first-order chi connectivity index (χ1) is 10.2. The summed E-state index contributed by atoms with van der Waals surface area (Å²) in [5.41, 5.74) is 0.847. The fraction of sp³-hybridized carbons (Fsp3) is 0.688. The molecule has 1 atom stereocenters. The van der Waals surface area contributed by atoms with Crippen LogP contribution >= 0.6 is 0 Å². The predicted molar refractivity (Wildman–Crippen MR) is 85.1 cm³/mol. The van der Waals surface area contributed by atoms with Gasteiger partial charge in [-0.1, -0.05) is 6.58 Å². The quantitative estimate of drug-likeness (QED) is 0.448. The molecule has 0 aliphatic heterocycles. The van der Waals surface area contributed by atoms with Crippen LogP contribution in [0.4, 0.5) is 0 Å². The maximum absolute atomic E-state index is 11.9. The van der Waals surface area contributed by atoms with Gasteiger partial charge in [-0.05, 0) is 40.5 Å². The standard InChI is InChI=1S/C16H28N2O4/c1-11(2)17-10-6-7-15(20)18-14(9-8-13(5)19)16(21)22-12(3)4/h12,14,17H,1,6-10H2,2-5H3,(H,18,20). The molecule has 0 radical (unpaired) electrons. The summed E-state index contributed by atoms with van der Waals surface area (Å²) in [6.45, 7) is 11.1. The van der Waals surface area contributed by atoms with Crippen molar-refractivity contribution >= 4 is 17.7 Å². The zero-order valence-electron chi connectivity index (χ0n) is 14.0. The molecule has 0 spiro atoms. The van der Waals surface area contributed by atoms with Crippen LogP contribution in [0.25, 0.3) is 0 Å². The highest BCUT2D eigenvalue weighted by molar-refractivity contribution is 5.85. The summed E-state index contributed by atoms with van der Waals surface area (Å²) in [5, 5.41) is 5.68. The maximum Gasteiger partial charge on any atom is 0.328 e. The van der Waals surface area contributed by atoms with Crippen molar-refractivity contribution in [3.05, 3.63) is 12.3 Å². The van der Waals surface area contributed by atoms with Crippen molar-refractivity contribution in [1.82, 2.24) is 10.6 Å². The molecule has 0 aromatic rings. The highest BCUT2D eigenvalue weighted by Gasteiger charge is 2.23. The zero-order chi connectivity index (χ0) is 17.1. The van der Waals surface area contributed by atoms with Gasteiger partial charge in [-0.15, -0.1) is 0 Å². The average Bonchev–Trinajstić information content (AvgIpc) is 2.38. The Hall–Kier alpha value is -1.85. The van der Waals surface area contributed by atoms with Gasteiger partial charge in [0.2, 0.25) is 5.91 Å². The van der Waals surface area contributed by atoms with E-state index in [1.54, 1.807) is 13.8 Å². The molecular weight excluding hydrogens is 284 g/mol. The minimum atomic E-state index is -0.770. The molecule has 0 aromatic heterocycles. The van der Waals surface area contributed by atoms with E-state index in [1.807, 2.05) is 6.92 Å². The Morgan fingerprint density at radius 3 is 2.27 bits per heavy atom. The van der Waals surface area contributed by atoms with Crippen LogP contribution in [0.15, 0.2) is 12.3 Å². The SMILES string of the molecule is C=C(C)NCCCC(=O)NC(CCC(C)=O)C(=O)OC(C)C. The Bertz CT molecular complexity index is 405. The topological polar surface area (TPSA) is 84.5 Å². The van der Waals surface area contributed by atoms with E-state index >= 15 is 0 Å². The normalized spacial score (nSPS) is 11.7. The Morgan fingerprint density at radius 1 is 1.14 bits per heavy atom. The van der Waals surface area contributed by atoms with Crippen LogP contribution in [0.3, 0.4) is 0 Å². The van der Waals surface area contributed by atoms with Crippen molar-refractivity contribution in [3.63, 3.8) is 0 Å². The number of allylic oxidation sites excluding steroid dienone is 1. The largest absolute Gasteiger partial charge is 0.461 e. The summed E-state index contributed by atoms with van der Waals surface area (Å²) >= 11 is 0. The van der Waals surface area contributed by atoms with Crippen molar-refractivity contribution in [3.8, 4) is 0 Å². The monoisotopic (exact) mass is 312 g/mol. The molecule has 0 aliphatic carbocycles. The number of Topliss-reactive ketones (excluding diaryl/α,β-unsaturated/α-hetero) is 1. The highest BCUT2D eigenvalue weighted by Crippen LogP contribution is 2.04. The van der Waals surface area contributed by atoms with Gasteiger partial charge in [0.1, 0.15) is 11.8 Å². The molecule has 1 unspecified atom stereocenters. The van der Waals surface area contributed by atoms with Gasteiger partial charge in [0.15, 0.2) is 0 Å². The van der Waals surface area contributed by atoms with E-state index in [-0.39, 0.29) is 30.6 Å². The Morgan fingerprint density at radius 2 is 1.77 bits per heavy atom. The van der Waals surface area contributed by atoms with Crippen molar-refractivity contribution in [2.75, 3.05) is 6.54 Å². The lowest BCUT2D eigenvalue weighted by atomic mass is 10.1. The van der Waals surface area contributed by atoms with Crippen LogP contribution in [-0.2, 0) is 19.1 Å². The van der Waals surface area contributed by atoms with Crippen LogP contribution in [0.2, 0.25) is 0 Å². The molecule has 0 saturated heterocycles. The number of esters is 1. The second kappa shape index (κ2) is 10.8. The molecule has 0 heterocycles. The molecule has 0 rings (SSSR count). The van der Waals surface area contributed by atoms with Crippen molar-refractivity contribution < 1.29 is 19.1 Å². The summed E-state index contributed by atoms with van der Waals surface area (Å²) in [4.78, 5) is 34.9. The van der Waals surface area contributed by atoms with Crippen molar-refractivity contribution in [1.29, 1.82) is 0 Å². The van der Waals surface area contributed by atoms with Crippen molar-refractivity contribution in [2.45, 2.75) is 65.5 Å². The smallest absolute Gasteiger partial charge is 0.328 e. The first kappa shape index (κ1) is 20.1.